The molecule has 1 atom stereocenters. The zero-order chi connectivity index (χ0) is 19.3. The van der Waals surface area contributed by atoms with Gasteiger partial charge in [-0.3, -0.25) is 0 Å². The van der Waals surface area contributed by atoms with E-state index in [1.165, 1.54) is 53.1 Å². The summed E-state index contributed by atoms with van der Waals surface area (Å²) in [5, 5.41) is 12.6. The summed E-state index contributed by atoms with van der Waals surface area (Å²) in [6, 6.07) is 20.1. The number of hydrogen-bond donors (Lipinski definition) is 1. The van der Waals surface area contributed by atoms with Crippen LogP contribution in [0.1, 0.15) is 60.1 Å². The molecule has 1 aliphatic heterocycles. The van der Waals surface area contributed by atoms with Gasteiger partial charge in [0.2, 0.25) is 0 Å². The summed E-state index contributed by atoms with van der Waals surface area (Å²) in [7, 11) is 0. The van der Waals surface area contributed by atoms with Gasteiger partial charge < -0.3 is 9.84 Å². The van der Waals surface area contributed by atoms with Crippen molar-refractivity contribution in [3.05, 3.63) is 82.4 Å². The zero-order valence-electron chi connectivity index (χ0n) is 16.8. The predicted molar refractivity (Wildman–Crippen MR) is 116 cm³/mol. The number of fused-ring (bicyclic) bond motifs is 2. The van der Waals surface area contributed by atoms with Crippen LogP contribution in [0.25, 0.3) is 10.8 Å². The number of unbranched alkanes of at least 4 members (excludes halogenated alkanes) is 2. The highest BCUT2D eigenvalue weighted by molar-refractivity contribution is 5.85. The predicted octanol–water partition coefficient (Wildman–Crippen LogP) is 5.92. The van der Waals surface area contributed by atoms with Crippen molar-refractivity contribution in [1.82, 2.24) is 0 Å². The van der Waals surface area contributed by atoms with Gasteiger partial charge in [-0.05, 0) is 82.8 Å². The molecule has 1 heterocycles. The summed E-state index contributed by atoms with van der Waals surface area (Å²) in [4.78, 5) is 0. The normalized spacial score (nSPS) is 16.3. The molecule has 0 saturated carbocycles. The maximum Gasteiger partial charge on any atom is 0.103 e. The van der Waals surface area contributed by atoms with Gasteiger partial charge in [-0.2, -0.15) is 0 Å². The summed E-state index contributed by atoms with van der Waals surface area (Å²) < 4.78 is 5.48. The van der Waals surface area contributed by atoms with Gasteiger partial charge in [0.1, 0.15) is 6.10 Å². The molecule has 0 bridgehead atoms. The highest BCUT2D eigenvalue weighted by atomic mass is 16.5. The molecule has 0 aliphatic carbocycles. The van der Waals surface area contributed by atoms with Crippen LogP contribution in [-0.2, 0) is 30.6 Å². The quantitative estimate of drug-likeness (QED) is 0.520. The molecular weight excluding hydrogens is 344 g/mol. The van der Waals surface area contributed by atoms with Crippen LogP contribution in [0.2, 0.25) is 0 Å². The van der Waals surface area contributed by atoms with Crippen molar-refractivity contribution in [2.24, 2.45) is 0 Å². The van der Waals surface area contributed by atoms with E-state index in [2.05, 4.69) is 61.5 Å². The molecule has 3 aromatic carbocycles. The minimum Gasteiger partial charge on any atom is -0.386 e. The summed E-state index contributed by atoms with van der Waals surface area (Å²) in [6.45, 7) is 3.21. The first-order valence-corrected chi connectivity index (χ1v) is 10.6. The number of aliphatic hydroxyl groups is 1. The Morgan fingerprint density at radius 3 is 2.32 bits per heavy atom. The topological polar surface area (TPSA) is 29.5 Å². The summed E-state index contributed by atoms with van der Waals surface area (Å²) in [5.41, 5.74) is 6.42. The van der Waals surface area contributed by atoms with Gasteiger partial charge in [-0.1, -0.05) is 55.8 Å². The van der Waals surface area contributed by atoms with E-state index in [-0.39, 0.29) is 0 Å². The SMILES string of the molecule is CCc1ccc(CCCCCc2ccc3cc4c(cc3c2)COCC4O)cc1. The van der Waals surface area contributed by atoms with E-state index < -0.39 is 6.10 Å². The summed E-state index contributed by atoms with van der Waals surface area (Å²) in [5.74, 6) is 0. The van der Waals surface area contributed by atoms with Crippen LogP contribution in [-0.4, -0.2) is 11.7 Å². The molecule has 0 amide bonds. The fourth-order valence-electron chi connectivity index (χ4n) is 4.15. The van der Waals surface area contributed by atoms with Crippen molar-refractivity contribution in [2.75, 3.05) is 6.61 Å². The second-order valence-corrected chi connectivity index (χ2v) is 7.99. The first-order valence-electron chi connectivity index (χ1n) is 10.6. The molecule has 4 rings (SSSR count). The van der Waals surface area contributed by atoms with Crippen molar-refractivity contribution in [1.29, 1.82) is 0 Å². The third kappa shape index (κ3) is 4.45. The number of hydrogen-bond acceptors (Lipinski definition) is 2. The lowest BCUT2D eigenvalue weighted by atomic mass is 9.94. The molecule has 3 aromatic rings. The average molecular weight is 375 g/mol. The molecule has 146 valence electrons. The number of benzene rings is 3. The highest BCUT2D eigenvalue weighted by Gasteiger charge is 2.18. The molecule has 0 fully saturated rings. The monoisotopic (exact) mass is 374 g/mol. The van der Waals surface area contributed by atoms with E-state index in [0.717, 1.165) is 24.0 Å². The number of ether oxygens (including phenoxy) is 1. The van der Waals surface area contributed by atoms with Gasteiger partial charge >= 0.3 is 0 Å². The van der Waals surface area contributed by atoms with Gasteiger partial charge in [-0.25, -0.2) is 0 Å². The van der Waals surface area contributed by atoms with E-state index >= 15 is 0 Å². The minimum atomic E-state index is -0.494. The van der Waals surface area contributed by atoms with Crippen LogP contribution in [0.5, 0.6) is 0 Å². The Balaban J connectivity index is 1.31. The second-order valence-electron chi connectivity index (χ2n) is 7.99. The van der Waals surface area contributed by atoms with E-state index in [1.807, 2.05) is 0 Å². The Hall–Kier alpha value is -2.16. The fourth-order valence-corrected chi connectivity index (χ4v) is 4.15. The Morgan fingerprint density at radius 1 is 0.821 bits per heavy atom. The molecule has 0 saturated heterocycles. The molecule has 0 aromatic heterocycles. The number of aryl methyl sites for hydroxylation is 3. The van der Waals surface area contributed by atoms with E-state index in [1.54, 1.807) is 0 Å². The smallest absolute Gasteiger partial charge is 0.103 e. The standard InChI is InChI=1S/C26H30O2/c1-2-19-8-10-20(11-9-19)6-4-3-5-7-21-12-13-22-16-25-24(15-23(22)14-21)17-28-18-26(25)27/h8-16,26-27H,2-7,17-18H2,1H3. The van der Waals surface area contributed by atoms with Crippen LogP contribution >= 0.6 is 0 Å². The maximum atomic E-state index is 10.1. The largest absolute Gasteiger partial charge is 0.386 e. The molecular formula is C26H30O2. The van der Waals surface area contributed by atoms with Crippen LogP contribution in [0.15, 0.2) is 54.6 Å². The van der Waals surface area contributed by atoms with E-state index in [9.17, 15) is 5.11 Å². The van der Waals surface area contributed by atoms with Gasteiger partial charge in [0.05, 0.1) is 13.2 Å². The van der Waals surface area contributed by atoms with Crippen molar-refractivity contribution < 1.29 is 9.84 Å². The van der Waals surface area contributed by atoms with Crippen molar-refractivity contribution >= 4 is 10.8 Å². The zero-order valence-corrected chi connectivity index (χ0v) is 16.8. The molecule has 1 N–H and O–H groups in total. The van der Waals surface area contributed by atoms with Crippen LogP contribution in [0.3, 0.4) is 0 Å². The molecule has 1 unspecified atom stereocenters. The second kappa shape index (κ2) is 8.89. The lowest BCUT2D eigenvalue weighted by Crippen LogP contribution is -2.16. The van der Waals surface area contributed by atoms with Crippen LogP contribution < -0.4 is 0 Å². The first-order chi connectivity index (χ1) is 13.7. The Bertz CT molecular complexity index is 927. The number of rotatable bonds is 7. The van der Waals surface area contributed by atoms with Gasteiger partial charge in [0.15, 0.2) is 0 Å². The Labute approximate surface area is 168 Å². The Morgan fingerprint density at radius 2 is 1.54 bits per heavy atom. The lowest BCUT2D eigenvalue weighted by Gasteiger charge is -2.22. The number of aliphatic hydroxyl groups excluding tert-OH is 1. The van der Waals surface area contributed by atoms with Gasteiger partial charge in [-0.15, -0.1) is 0 Å². The third-order valence-electron chi connectivity index (χ3n) is 5.92. The molecule has 0 spiro atoms. The summed E-state index contributed by atoms with van der Waals surface area (Å²) >= 11 is 0. The van der Waals surface area contributed by atoms with Crippen molar-refractivity contribution in [3.8, 4) is 0 Å². The molecule has 1 aliphatic rings. The van der Waals surface area contributed by atoms with Crippen LogP contribution in [0.4, 0.5) is 0 Å². The fraction of sp³-hybridized carbons (Fsp3) is 0.385. The molecule has 0 radical (unpaired) electrons. The van der Waals surface area contributed by atoms with Crippen molar-refractivity contribution in [2.45, 2.75) is 58.2 Å². The minimum absolute atomic E-state index is 0.402. The van der Waals surface area contributed by atoms with Gasteiger partial charge in [0, 0.05) is 0 Å². The highest BCUT2D eigenvalue weighted by Crippen LogP contribution is 2.30. The molecule has 28 heavy (non-hydrogen) atoms. The molecule has 2 heteroatoms. The van der Waals surface area contributed by atoms with E-state index in [0.29, 0.717) is 13.2 Å². The van der Waals surface area contributed by atoms with E-state index in [4.69, 9.17) is 4.74 Å². The average Bonchev–Trinajstić information content (AvgIpc) is 2.73. The van der Waals surface area contributed by atoms with Crippen molar-refractivity contribution in [3.63, 3.8) is 0 Å². The summed E-state index contributed by atoms with van der Waals surface area (Å²) in [6.07, 6.45) is 6.66. The first kappa shape index (κ1) is 19.2. The molecule has 2 nitrogen and oxygen atoms in total. The Kier molecular flexibility index (Phi) is 6.09. The maximum absolute atomic E-state index is 10.1. The van der Waals surface area contributed by atoms with Gasteiger partial charge in [0.25, 0.3) is 0 Å². The third-order valence-corrected chi connectivity index (χ3v) is 5.92. The van der Waals surface area contributed by atoms with Crippen LogP contribution in [0, 0.1) is 0 Å². The lowest BCUT2D eigenvalue weighted by molar-refractivity contribution is 0.00997.